The molecular weight excluding hydrogens is 180 g/mol. The van der Waals surface area contributed by atoms with Crippen LogP contribution in [0.15, 0.2) is 11.0 Å². The molecule has 2 nitrogen and oxygen atoms in total. The Balaban J connectivity index is 2.12. The molecule has 1 aliphatic rings. The molecule has 0 spiro atoms. The molecule has 1 atom stereocenters. The predicted molar refractivity (Wildman–Crippen MR) is 56.7 cm³/mol. The Kier molecular flexibility index (Phi) is 2.47. The van der Waals surface area contributed by atoms with Crippen LogP contribution in [-0.2, 0) is 0 Å². The molecule has 1 heterocycles. The molecule has 0 radical (unpaired) electrons. The van der Waals surface area contributed by atoms with E-state index in [2.05, 4.69) is 16.4 Å². The first-order valence-electron chi connectivity index (χ1n) is 4.61. The van der Waals surface area contributed by atoms with Crippen molar-refractivity contribution in [1.29, 1.82) is 0 Å². The summed E-state index contributed by atoms with van der Waals surface area (Å²) in [4.78, 5) is 4.40. The molecule has 1 saturated carbocycles. The van der Waals surface area contributed by atoms with Gasteiger partial charge in [-0.15, -0.1) is 11.3 Å². The largest absolute Gasteiger partial charge is 0.327 e. The second-order valence-electron chi connectivity index (χ2n) is 3.60. The molecule has 70 valence electrons. The number of nitrogens with zero attached hydrogens (tertiary/aromatic N) is 1. The van der Waals surface area contributed by atoms with Gasteiger partial charge in [-0.3, -0.25) is 0 Å². The van der Waals surface area contributed by atoms with E-state index >= 15 is 0 Å². The highest BCUT2D eigenvalue weighted by molar-refractivity contribution is 7.09. The molecule has 1 aromatic rings. The second kappa shape index (κ2) is 3.60. The molecule has 0 aromatic carbocycles. The van der Waals surface area contributed by atoms with Crippen molar-refractivity contribution in [1.82, 2.24) is 4.98 Å². The highest BCUT2D eigenvalue weighted by Gasteiger charge is 2.15. The van der Waals surface area contributed by atoms with Crippen molar-refractivity contribution in [3.8, 4) is 0 Å². The second-order valence-corrected chi connectivity index (χ2v) is 4.66. The number of hydrogen-bond donors (Lipinski definition) is 1. The topological polar surface area (TPSA) is 38.9 Å². The molecule has 1 aromatic heterocycles. The molecule has 0 saturated heterocycles. The van der Waals surface area contributed by atoms with Gasteiger partial charge in [0.1, 0.15) is 0 Å². The lowest BCUT2D eigenvalue weighted by Gasteiger charge is -1.95. The van der Waals surface area contributed by atoms with E-state index in [1.807, 2.05) is 6.92 Å². The zero-order valence-electron chi connectivity index (χ0n) is 7.79. The van der Waals surface area contributed by atoms with E-state index in [-0.39, 0.29) is 0 Å². The van der Waals surface area contributed by atoms with Crippen LogP contribution in [0.1, 0.15) is 30.0 Å². The lowest BCUT2D eigenvalue weighted by Crippen LogP contribution is -2.13. The van der Waals surface area contributed by atoms with E-state index < -0.39 is 0 Å². The Morgan fingerprint density at radius 1 is 1.69 bits per heavy atom. The Morgan fingerprint density at radius 2 is 2.54 bits per heavy atom. The van der Waals surface area contributed by atoms with Crippen LogP contribution in [-0.4, -0.2) is 11.0 Å². The van der Waals surface area contributed by atoms with Crippen molar-refractivity contribution in [3.63, 3.8) is 0 Å². The summed E-state index contributed by atoms with van der Waals surface area (Å²) >= 11 is 1.70. The van der Waals surface area contributed by atoms with Gasteiger partial charge in [-0.2, -0.15) is 0 Å². The first kappa shape index (κ1) is 8.91. The minimum Gasteiger partial charge on any atom is -0.327 e. The van der Waals surface area contributed by atoms with Gasteiger partial charge in [0.15, 0.2) is 0 Å². The van der Waals surface area contributed by atoms with Gasteiger partial charge in [0.2, 0.25) is 0 Å². The van der Waals surface area contributed by atoms with Crippen LogP contribution >= 0.6 is 11.3 Å². The maximum absolute atomic E-state index is 5.83. The van der Waals surface area contributed by atoms with Gasteiger partial charge >= 0.3 is 0 Å². The lowest BCUT2D eigenvalue weighted by atomic mass is 10.2. The van der Waals surface area contributed by atoms with Crippen LogP contribution in [0.2, 0.25) is 0 Å². The van der Waals surface area contributed by atoms with E-state index in [1.54, 1.807) is 11.3 Å². The monoisotopic (exact) mass is 194 g/mol. The fourth-order valence-corrected chi connectivity index (χ4v) is 2.27. The maximum Gasteiger partial charge on any atom is 0.0901 e. The third kappa shape index (κ3) is 2.17. The van der Waals surface area contributed by atoms with Crippen molar-refractivity contribution in [2.24, 2.45) is 5.73 Å². The van der Waals surface area contributed by atoms with Gasteiger partial charge < -0.3 is 5.73 Å². The first-order chi connectivity index (χ1) is 6.24. The molecule has 2 rings (SSSR count). The molecule has 0 amide bonds. The van der Waals surface area contributed by atoms with Gasteiger partial charge in [0, 0.05) is 11.4 Å². The molecule has 1 aliphatic carbocycles. The number of rotatable bonds is 1. The van der Waals surface area contributed by atoms with E-state index in [1.165, 1.54) is 5.57 Å². The molecule has 3 heteroatoms. The summed E-state index contributed by atoms with van der Waals surface area (Å²) in [6.07, 6.45) is 5.53. The number of hydrogen-bond acceptors (Lipinski definition) is 3. The standard InChI is InChI=1S/C10H14N2S/c1-7-12-10(6-13-7)5-8-2-3-9(11)4-8/h5-6,9H,2-4,11H2,1H3. The predicted octanol–water partition coefficient (Wildman–Crippen LogP) is 2.35. The summed E-state index contributed by atoms with van der Waals surface area (Å²) in [5.41, 5.74) is 8.38. The summed E-state index contributed by atoms with van der Waals surface area (Å²) in [6.45, 7) is 2.03. The van der Waals surface area contributed by atoms with Crippen LogP contribution in [0.4, 0.5) is 0 Å². The lowest BCUT2D eigenvalue weighted by molar-refractivity contribution is 0.711. The zero-order valence-corrected chi connectivity index (χ0v) is 8.60. The fraction of sp³-hybridized carbons (Fsp3) is 0.500. The molecule has 1 unspecified atom stereocenters. The van der Waals surface area contributed by atoms with E-state index in [0.29, 0.717) is 6.04 Å². The van der Waals surface area contributed by atoms with Crippen LogP contribution in [0.25, 0.3) is 6.08 Å². The van der Waals surface area contributed by atoms with Crippen LogP contribution in [0.5, 0.6) is 0 Å². The summed E-state index contributed by atoms with van der Waals surface area (Å²) < 4.78 is 0. The molecule has 2 N–H and O–H groups in total. The van der Waals surface area contributed by atoms with Crippen molar-refractivity contribution in [3.05, 3.63) is 21.7 Å². The van der Waals surface area contributed by atoms with Gasteiger partial charge in [-0.1, -0.05) is 5.57 Å². The van der Waals surface area contributed by atoms with Gasteiger partial charge in [-0.25, -0.2) is 4.98 Å². The molecule has 0 bridgehead atoms. The number of thiazole rings is 1. The summed E-state index contributed by atoms with van der Waals surface area (Å²) in [5, 5.41) is 3.24. The van der Waals surface area contributed by atoms with Gasteiger partial charge in [0.25, 0.3) is 0 Å². The number of nitrogens with two attached hydrogens (primary N) is 1. The Morgan fingerprint density at radius 3 is 3.08 bits per heavy atom. The minimum atomic E-state index is 0.381. The van der Waals surface area contributed by atoms with Crippen LogP contribution in [0, 0.1) is 6.92 Å². The minimum absolute atomic E-state index is 0.381. The van der Waals surface area contributed by atoms with Crippen LogP contribution < -0.4 is 5.73 Å². The summed E-state index contributed by atoms with van der Waals surface area (Å²) in [6, 6.07) is 0.381. The number of aromatic nitrogens is 1. The summed E-state index contributed by atoms with van der Waals surface area (Å²) in [5.74, 6) is 0. The molecule has 13 heavy (non-hydrogen) atoms. The third-order valence-corrected chi connectivity index (χ3v) is 3.14. The van der Waals surface area contributed by atoms with Crippen molar-refractivity contribution >= 4 is 17.4 Å². The zero-order chi connectivity index (χ0) is 9.26. The highest BCUT2D eigenvalue weighted by Crippen LogP contribution is 2.25. The van der Waals surface area contributed by atoms with Gasteiger partial charge in [-0.05, 0) is 32.3 Å². The van der Waals surface area contributed by atoms with E-state index in [0.717, 1.165) is 30.0 Å². The maximum atomic E-state index is 5.83. The average molecular weight is 194 g/mol. The van der Waals surface area contributed by atoms with E-state index in [4.69, 9.17) is 5.73 Å². The Bertz CT molecular complexity index is 327. The fourth-order valence-electron chi connectivity index (χ4n) is 1.70. The molecule has 0 aliphatic heterocycles. The number of aryl methyl sites for hydroxylation is 1. The van der Waals surface area contributed by atoms with Crippen molar-refractivity contribution in [2.75, 3.05) is 0 Å². The third-order valence-electron chi connectivity index (χ3n) is 2.35. The van der Waals surface area contributed by atoms with Crippen molar-refractivity contribution < 1.29 is 0 Å². The summed E-state index contributed by atoms with van der Waals surface area (Å²) in [7, 11) is 0. The van der Waals surface area contributed by atoms with Gasteiger partial charge in [0.05, 0.1) is 10.7 Å². The molecule has 1 fully saturated rings. The SMILES string of the molecule is Cc1nc(C=C2CCC(N)C2)cs1. The smallest absolute Gasteiger partial charge is 0.0901 e. The van der Waals surface area contributed by atoms with E-state index in [9.17, 15) is 0 Å². The average Bonchev–Trinajstić information content (AvgIpc) is 2.62. The van der Waals surface area contributed by atoms with Crippen LogP contribution in [0.3, 0.4) is 0 Å². The highest BCUT2D eigenvalue weighted by atomic mass is 32.1. The normalized spacial score (nSPS) is 25.7. The Hall–Kier alpha value is -0.670. The quantitative estimate of drug-likeness (QED) is 0.745. The Labute approximate surface area is 82.5 Å². The first-order valence-corrected chi connectivity index (χ1v) is 5.49. The van der Waals surface area contributed by atoms with Crippen molar-refractivity contribution in [2.45, 2.75) is 32.2 Å². The molecular formula is C10H14N2S.